The van der Waals surface area contributed by atoms with Gasteiger partial charge in [-0.25, -0.2) is 4.79 Å². The highest BCUT2D eigenvalue weighted by Crippen LogP contribution is 2.23. The summed E-state index contributed by atoms with van der Waals surface area (Å²) in [7, 11) is 3.49. The number of aryl methyl sites for hydroxylation is 1. The number of carbonyl (C=O) groups is 2. The highest BCUT2D eigenvalue weighted by molar-refractivity contribution is 5.96. The number of carbonyl (C=O) groups excluding carboxylic acids is 2. The lowest BCUT2D eigenvalue weighted by Crippen LogP contribution is -2.42. The van der Waals surface area contributed by atoms with Crippen LogP contribution in [0, 0.1) is 6.92 Å². The third-order valence-electron chi connectivity index (χ3n) is 5.72. The Labute approximate surface area is 176 Å². The summed E-state index contributed by atoms with van der Waals surface area (Å²) in [5.74, 6) is -0.107. The minimum absolute atomic E-state index is 0.0235. The molecule has 2 aromatic heterocycles. The molecule has 0 bridgehead atoms. The Morgan fingerprint density at radius 1 is 1.23 bits per heavy atom. The van der Waals surface area contributed by atoms with E-state index in [2.05, 4.69) is 34.3 Å². The van der Waals surface area contributed by atoms with Crippen LogP contribution < -0.4 is 5.32 Å². The number of urea groups is 1. The van der Waals surface area contributed by atoms with Crippen LogP contribution >= 0.6 is 0 Å². The molecule has 4 rings (SSSR count). The van der Waals surface area contributed by atoms with Crippen molar-refractivity contribution < 1.29 is 9.59 Å². The zero-order chi connectivity index (χ0) is 21.3. The molecule has 0 saturated carbocycles. The van der Waals surface area contributed by atoms with Crippen molar-refractivity contribution >= 4 is 22.8 Å². The number of nitrogens with one attached hydrogen (secondary N) is 2. The van der Waals surface area contributed by atoms with Gasteiger partial charge in [-0.15, -0.1) is 0 Å². The van der Waals surface area contributed by atoms with Gasteiger partial charge in [-0.05, 0) is 42.5 Å². The molecule has 0 radical (unpaired) electrons. The molecule has 7 heteroatoms. The largest absolute Gasteiger partial charge is 0.358 e. The zero-order valence-electron chi connectivity index (χ0n) is 17.7. The molecule has 3 aromatic rings. The maximum absolute atomic E-state index is 12.9. The van der Waals surface area contributed by atoms with Gasteiger partial charge in [-0.2, -0.15) is 0 Å². The number of fused-ring (bicyclic) bond motifs is 2. The van der Waals surface area contributed by atoms with Crippen molar-refractivity contribution in [3.63, 3.8) is 0 Å². The maximum atomic E-state index is 12.9. The second-order valence-corrected chi connectivity index (χ2v) is 7.95. The van der Waals surface area contributed by atoms with Gasteiger partial charge in [0, 0.05) is 62.7 Å². The number of amides is 3. The first kappa shape index (κ1) is 19.9. The van der Waals surface area contributed by atoms with Crippen LogP contribution in [0.4, 0.5) is 4.79 Å². The van der Waals surface area contributed by atoms with Crippen molar-refractivity contribution in [3.8, 4) is 0 Å². The molecule has 0 unspecified atom stereocenters. The fourth-order valence-corrected chi connectivity index (χ4v) is 4.19. The molecule has 0 saturated heterocycles. The first-order valence-corrected chi connectivity index (χ1v) is 10.2. The lowest BCUT2D eigenvalue weighted by atomic mass is 9.96. The minimum atomic E-state index is -0.107. The summed E-state index contributed by atoms with van der Waals surface area (Å²) in [6.45, 7) is 3.70. The van der Waals surface area contributed by atoms with E-state index in [9.17, 15) is 9.59 Å². The number of hydrogen-bond donors (Lipinski definition) is 2. The van der Waals surface area contributed by atoms with Gasteiger partial charge in [0.15, 0.2) is 0 Å². The van der Waals surface area contributed by atoms with Crippen LogP contribution in [0.25, 0.3) is 10.9 Å². The molecule has 30 heavy (non-hydrogen) atoms. The Balaban J connectivity index is 1.44. The lowest BCUT2D eigenvalue weighted by molar-refractivity contribution is 0.0952. The quantitative estimate of drug-likeness (QED) is 0.700. The van der Waals surface area contributed by atoms with Crippen LogP contribution in [0.5, 0.6) is 0 Å². The fourth-order valence-electron chi connectivity index (χ4n) is 4.19. The van der Waals surface area contributed by atoms with Gasteiger partial charge in [0.25, 0.3) is 5.91 Å². The molecule has 0 fully saturated rings. The number of benzene rings is 1. The minimum Gasteiger partial charge on any atom is -0.358 e. The molecule has 1 aliphatic heterocycles. The van der Waals surface area contributed by atoms with Gasteiger partial charge in [0.1, 0.15) is 0 Å². The first-order chi connectivity index (χ1) is 14.5. The van der Waals surface area contributed by atoms with Gasteiger partial charge in [-0.3, -0.25) is 9.78 Å². The molecular weight excluding hydrogens is 378 g/mol. The highest BCUT2D eigenvalue weighted by atomic mass is 16.2. The van der Waals surface area contributed by atoms with Crippen LogP contribution in [0.1, 0.15) is 32.7 Å². The van der Waals surface area contributed by atoms with Crippen molar-refractivity contribution in [2.24, 2.45) is 0 Å². The van der Waals surface area contributed by atoms with E-state index in [0.29, 0.717) is 31.6 Å². The topological polar surface area (TPSA) is 81.3 Å². The van der Waals surface area contributed by atoms with E-state index in [-0.39, 0.29) is 11.9 Å². The number of aromatic nitrogens is 2. The van der Waals surface area contributed by atoms with Gasteiger partial charge in [-0.1, -0.05) is 18.2 Å². The first-order valence-electron chi connectivity index (χ1n) is 10.2. The SMILES string of the molecule is Cc1[nH]c2ccccc2c1CCNC(=O)c1cncc2c1CCN(C(=O)N(C)C)C2. The number of H-pyrrole nitrogens is 1. The molecule has 0 atom stereocenters. The Kier molecular flexibility index (Phi) is 5.44. The highest BCUT2D eigenvalue weighted by Gasteiger charge is 2.25. The molecule has 2 N–H and O–H groups in total. The summed E-state index contributed by atoms with van der Waals surface area (Å²) in [5.41, 5.74) is 6.03. The van der Waals surface area contributed by atoms with Crippen molar-refractivity contribution in [2.45, 2.75) is 26.3 Å². The number of hydrogen-bond acceptors (Lipinski definition) is 3. The zero-order valence-corrected chi connectivity index (χ0v) is 17.7. The predicted molar refractivity (Wildman–Crippen MR) is 117 cm³/mol. The number of rotatable bonds is 4. The van der Waals surface area contributed by atoms with Gasteiger partial charge in [0.2, 0.25) is 0 Å². The lowest BCUT2D eigenvalue weighted by Gasteiger charge is -2.31. The molecule has 1 aromatic carbocycles. The summed E-state index contributed by atoms with van der Waals surface area (Å²) < 4.78 is 0. The monoisotopic (exact) mass is 405 g/mol. The average Bonchev–Trinajstić information content (AvgIpc) is 3.07. The second-order valence-electron chi connectivity index (χ2n) is 7.95. The van der Waals surface area contributed by atoms with E-state index in [1.165, 1.54) is 10.9 Å². The second kappa shape index (κ2) is 8.18. The fraction of sp³-hybridized carbons (Fsp3) is 0.348. The summed E-state index contributed by atoms with van der Waals surface area (Å²) in [6.07, 6.45) is 4.81. The number of aromatic amines is 1. The Morgan fingerprint density at radius 2 is 2.03 bits per heavy atom. The van der Waals surface area contributed by atoms with Crippen LogP contribution in [0.3, 0.4) is 0 Å². The summed E-state index contributed by atoms with van der Waals surface area (Å²) in [5, 5.41) is 4.25. The summed E-state index contributed by atoms with van der Waals surface area (Å²) >= 11 is 0. The van der Waals surface area contributed by atoms with Gasteiger partial charge < -0.3 is 20.1 Å². The number of pyridine rings is 1. The van der Waals surface area contributed by atoms with Crippen LogP contribution in [-0.2, 0) is 19.4 Å². The molecule has 0 spiro atoms. The molecule has 0 aliphatic carbocycles. The third kappa shape index (κ3) is 3.75. The molecule has 1 aliphatic rings. The van der Waals surface area contributed by atoms with Crippen molar-refractivity contribution in [3.05, 3.63) is 64.6 Å². The Bertz CT molecular complexity index is 1100. The molecule has 156 valence electrons. The van der Waals surface area contributed by atoms with Crippen molar-refractivity contribution in [2.75, 3.05) is 27.2 Å². The van der Waals surface area contributed by atoms with Gasteiger partial charge in [0.05, 0.1) is 5.56 Å². The maximum Gasteiger partial charge on any atom is 0.319 e. The summed E-state index contributed by atoms with van der Waals surface area (Å²) in [4.78, 5) is 36.1. The standard InChI is InChI=1S/C23H27N5O2/c1-15-17(19-6-4-5-7-21(19)26-15)8-10-25-22(29)20-13-24-12-16-14-28(11-9-18(16)20)23(30)27(2)3/h4-7,12-13,26H,8-11,14H2,1-3H3,(H,25,29). The van der Waals surface area contributed by atoms with E-state index < -0.39 is 0 Å². The summed E-state index contributed by atoms with van der Waals surface area (Å²) in [6, 6.07) is 8.20. The van der Waals surface area contributed by atoms with E-state index >= 15 is 0 Å². The van der Waals surface area contributed by atoms with E-state index in [1.807, 2.05) is 12.1 Å². The third-order valence-corrected chi connectivity index (χ3v) is 5.72. The molecule has 3 amide bonds. The molecule has 3 heterocycles. The molecule has 7 nitrogen and oxygen atoms in total. The normalized spacial score (nSPS) is 13.2. The number of nitrogens with zero attached hydrogens (tertiary/aromatic N) is 3. The van der Waals surface area contributed by atoms with E-state index in [1.54, 1.807) is 36.3 Å². The van der Waals surface area contributed by atoms with Crippen LogP contribution in [0.2, 0.25) is 0 Å². The van der Waals surface area contributed by atoms with E-state index in [4.69, 9.17) is 0 Å². The van der Waals surface area contributed by atoms with Crippen LogP contribution in [-0.4, -0.2) is 58.9 Å². The Hall–Kier alpha value is -3.35. The number of para-hydroxylation sites is 1. The average molecular weight is 406 g/mol. The van der Waals surface area contributed by atoms with Crippen molar-refractivity contribution in [1.82, 2.24) is 25.1 Å². The molecular formula is C23H27N5O2. The van der Waals surface area contributed by atoms with E-state index in [0.717, 1.165) is 28.8 Å². The smallest absolute Gasteiger partial charge is 0.319 e. The predicted octanol–water partition coefficient (Wildman–Crippen LogP) is 2.88. The van der Waals surface area contributed by atoms with Crippen LogP contribution in [0.15, 0.2) is 36.7 Å². The Morgan fingerprint density at radius 3 is 2.83 bits per heavy atom. The van der Waals surface area contributed by atoms with Crippen molar-refractivity contribution in [1.29, 1.82) is 0 Å². The van der Waals surface area contributed by atoms with Gasteiger partial charge >= 0.3 is 6.03 Å².